The lowest BCUT2D eigenvalue weighted by atomic mass is 9.87. The molecule has 0 heterocycles. The summed E-state index contributed by atoms with van der Waals surface area (Å²) >= 11 is 0. The van der Waals surface area contributed by atoms with Gasteiger partial charge in [0.25, 0.3) is 0 Å². The maximum Gasteiger partial charge on any atom is -0.0165 e. The third-order valence-electron chi connectivity index (χ3n) is 2.82. The van der Waals surface area contributed by atoms with E-state index in [1.807, 2.05) is 0 Å². The average Bonchev–Trinajstić information content (AvgIpc) is 2.17. The first-order valence-electron chi connectivity index (χ1n) is 4.80. The van der Waals surface area contributed by atoms with Crippen LogP contribution in [0.15, 0.2) is 30.3 Å². The molecule has 0 aliphatic rings. The normalized spacial score (nSPS) is 15.6. The molecule has 1 rings (SSSR count). The maximum absolute atomic E-state index is 2.32. The Morgan fingerprint density at radius 3 is 2.17 bits per heavy atom. The molecule has 0 spiro atoms. The molecule has 0 heteroatoms. The monoisotopic (exact) mass is 162 g/mol. The van der Waals surface area contributed by atoms with Gasteiger partial charge < -0.3 is 0 Å². The molecule has 0 radical (unpaired) electrons. The van der Waals surface area contributed by atoms with Gasteiger partial charge in [0.2, 0.25) is 0 Å². The molecule has 0 nitrogen and oxygen atoms in total. The smallest absolute Gasteiger partial charge is 0.0165 e. The summed E-state index contributed by atoms with van der Waals surface area (Å²) in [5.41, 5.74) is 1.46. The molecule has 66 valence electrons. The van der Waals surface area contributed by atoms with Crippen molar-refractivity contribution >= 4 is 0 Å². The zero-order valence-electron chi connectivity index (χ0n) is 8.25. The highest BCUT2D eigenvalue weighted by Crippen LogP contribution is 2.25. The number of benzene rings is 1. The van der Waals surface area contributed by atoms with Crippen LogP contribution in [-0.4, -0.2) is 0 Å². The standard InChI is InChI=1S/C12H18/c1-4-10(2)11(3)12-8-6-5-7-9-12/h5-11H,4H2,1-3H3/t10-,11+/m0/s1. The SMILES string of the molecule is CC[C@H](C)[C@@H](C)c1ccccc1. The fourth-order valence-corrected chi connectivity index (χ4v) is 1.44. The van der Waals surface area contributed by atoms with Crippen molar-refractivity contribution in [3.8, 4) is 0 Å². The van der Waals surface area contributed by atoms with Gasteiger partial charge in [0.1, 0.15) is 0 Å². The van der Waals surface area contributed by atoms with E-state index >= 15 is 0 Å². The predicted molar refractivity (Wildman–Crippen MR) is 54.3 cm³/mol. The van der Waals surface area contributed by atoms with E-state index in [1.165, 1.54) is 12.0 Å². The zero-order valence-corrected chi connectivity index (χ0v) is 8.25. The highest BCUT2D eigenvalue weighted by Gasteiger charge is 2.10. The molecule has 0 aromatic heterocycles. The Balaban J connectivity index is 2.71. The number of hydrogen-bond acceptors (Lipinski definition) is 0. The van der Waals surface area contributed by atoms with Crippen LogP contribution in [0.5, 0.6) is 0 Å². The average molecular weight is 162 g/mol. The molecule has 0 aliphatic carbocycles. The van der Waals surface area contributed by atoms with Gasteiger partial charge in [-0.25, -0.2) is 0 Å². The van der Waals surface area contributed by atoms with Gasteiger partial charge in [-0.1, -0.05) is 57.5 Å². The minimum atomic E-state index is 0.691. The third kappa shape index (κ3) is 2.10. The highest BCUT2D eigenvalue weighted by molar-refractivity contribution is 5.19. The van der Waals surface area contributed by atoms with E-state index in [0.717, 1.165) is 5.92 Å². The molecule has 2 atom stereocenters. The molecule has 0 fully saturated rings. The van der Waals surface area contributed by atoms with Crippen LogP contribution in [-0.2, 0) is 0 Å². The Labute approximate surface area is 75.6 Å². The summed E-state index contributed by atoms with van der Waals surface area (Å²) in [5, 5.41) is 0. The molecule has 1 aromatic carbocycles. The summed E-state index contributed by atoms with van der Waals surface area (Å²) < 4.78 is 0. The van der Waals surface area contributed by atoms with Gasteiger partial charge in [-0.15, -0.1) is 0 Å². The second kappa shape index (κ2) is 4.30. The molecule has 0 N–H and O–H groups in total. The Kier molecular flexibility index (Phi) is 3.33. The van der Waals surface area contributed by atoms with Gasteiger partial charge in [-0.3, -0.25) is 0 Å². The van der Waals surface area contributed by atoms with Gasteiger partial charge in [0.15, 0.2) is 0 Å². The minimum absolute atomic E-state index is 0.691. The second-order valence-corrected chi connectivity index (χ2v) is 3.58. The van der Waals surface area contributed by atoms with Gasteiger partial charge in [0.05, 0.1) is 0 Å². The van der Waals surface area contributed by atoms with Crippen molar-refractivity contribution in [3.05, 3.63) is 35.9 Å². The van der Waals surface area contributed by atoms with E-state index in [9.17, 15) is 0 Å². The predicted octanol–water partition coefficient (Wildman–Crippen LogP) is 3.84. The van der Waals surface area contributed by atoms with Gasteiger partial charge >= 0.3 is 0 Å². The second-order valence-electron chi connectivity index (χ2n) is 3.58. The van der Waals surface area contributed by atoms with E-state index in [0.29, 0.717) is 5.92 Å². The van der Waals surface area contributed by atoms with Crippen LogP contribution in [0.2, 0.25) is 0 Å². The van der Waals surface area contributed by atoms with Crippen LogP contribution in [0.4, 0.5) is 0 Å². The largest absolute Gasteiger partial charge is 0.0651 e. The lowest BCUT2D eigenvalue weighted by Gasteiger charge is -2.18. The fraction of sp³-hybridized carbons (Fsp3) is 0.500. The lowest BCUT2D eigenvalue weighted by Crippen LogP contribution is -2.04. The lowest BCUT2D eigenvalue weighted by molar-refractivity contribution is 0.473. The maximum atomic E-state index is 2.32. The molecule has 1 aromatic rings. The van der Waals surface area contributed by atoms with Crippen LogP contribution >= 0.6 is 0 Å². The topological polar surface area (TPSA) is 0 Å². The molecule has 12 heavy (non-hydrogen) atoms. The molecule has 0 saturated carbocycles. The van der Waals surface area contributed by atoms with Crippen molar-refractivity contribution in [2.24, 2.45) is 5.92 Å². The molecule has 0 aliphatic heterocycles. The fourth-order valence-electron chi connectivity index (χ4n) is 1.44. The van der Waals surface area contributed by atoms with Crippen LogP contribution < -0.4 is 0 Å². The third-order valence-corrected chi connectivity index (χ3v) is 2.82. The zero-order chi connectivity index (χ0) is 8.97. The molecule has 0 amide bonds. The summed E-state index contributed by atoms with van der Waals surface area (Å²) in [6.07, 6.45) is 1.26. The minimum Gasteiger partial charge on any atom is -0.0651 e. The van der Waals surface area contributed by atoms with Crippen LogP contribution in [0.1, 0.15) is 38.7 Å². The van der Waals surface area contributed by atoms with Crippen molar-refractivity contribution in [1.82, 2.24) is 0 Å². The molecular weight excluding hydrogens is 144 g/mol. The van der Waals surface area contributed by atoms with Crippen LogP contribution in [0.25, 0.3) is 0 Å². The van der Waals surface area contributed by atoms with Crippen molar-refractivity contribution in [1.29, 1.82) is 0 Å². The summed E-state index contributed by atoms with van der Waals surface area (Å²) in [5.74, 6) is 1.48. The summed E-state index contributed by atoms with van der Waals surface area (Å²) in [6.45, 7) is 6.88. The molecule has 0 bridgehead atoms. The van der Waals surface area contributed by atoms with Gasteiger partial charge in [-0.2, -0.15) is 0 Å². The van der Waals surface area contributed by atoms with Crippen molar-refractivity contribution in [2.75, 3.05) is 0 Å². The van der Waals surface area contributed by atoms with Crippen molar-refractivity contribution < 1.29 is 0 Å². The van der Waals surface area contributed by atoms with E-state index in [-0.39, 0.29) is 0 Å². The van der Waals surface area contributed by atoms with E-state index in [4.69, 9.17) is 0 Å². The van der Waals surface area contributed by atoms with Crippen LogP contribution in [0, 0.1) is 5.92 Å². The van der Waals surface area contributed by atoms with E-state index < -0.39 is 0 Å². The Bertz CT molecular complexity index is 213. The Morgan fingerprint density at radius 2 is 1.67 bits per heavy atom. The van der Waals surface area contributed by atoms with Crippen LogP contribution in [0.3, 0.4) is 0 Å². The highest BCUT2D eigenvalue weighted by atomic mass is 14.2. The van der Waals surface area contributed by atoms with Gasteiger partial charge in [-0.05, 0) is 17.4 Å². The van der Waals surface area contributed by atoms with Gasteiger partial charge in [0, 0.05) is 0 Å². The Morgan fingerprint density at radius 1 is 1.08 bits per heavy atom. The van der Waals surface area contributed by atoms with E-state index in [1.54, 1.807) is 0 Å². The Hall–Kier alpha value is -0.780. The van der Waals surface area contributed by atoms with Crippen molar-refractivity contribution in [3.63, 3.8) is 0 Å². The first-order valence-corrected chi connectivity index (χ1v) is 4.80. The van der Waals surface area contributed by atoms with Crippen molar-refractivity contribution in [2.45, 2.75) is 33.1 Å². The molecule has 0 unspecified atom stereocenters. The molecular formula is C12H18. The summed E-state index contributed by atoms with van der Waals surface area (Å²) in [6, 6.07) is 10.8. The number of hydrogen-bond donors (Lipinski definition) is 0. The first kappa shape index (κ1) is 9.31. The molecule has 0 saturated heterocycles. The quantitative estimate of drug-likeness (QED) is 0.633. The summed E-state index contributed by atoms with van der Waals surface area (Å²) in [4.78, 5) is 0. The van der Waals surface area contributed by atoms with E-state index in [2.05, 4.69) is 51.1 Å². The number of rotatable bonds is 3. The summed E-state index contributed by atoms with van der Waals surface area (Å²) in [7, 11) is 0. The first-order chi connectivity index (χ1) is 5.75.